The van der Waals surface area contributed by atoms with E-state index in [4.69, 9.17) is 0 Å². The van der Waals surface area contributed by atoms with Gasteiger partial charge in [0, 0.05) is 44.6 Å². The summed E-state index contributed by atoms with van der Waals surface area (Å²) in [4.78, 5) is 44.4. The summed E-state index contributed by atoms with van der Waals surface area (Å²) in [5.74, 6) is -1.27. The number of piperazine rings is 1. The van der Waals surface area contributed by atoms with Crippen LogP contribution in [-0.2, 0) is 26.0 Å². The maximum Gasteiger partial charge on any atom is 0.416 e. The Balaban J connectivity index is 1.70. The second-order valence-electron chi connectivity index (χ2n) is 8.98. The molecule has 0 N–H and O–H groups in total. The minimum Gasteiger partial charge on any atom is -0.340 e. The molecular formula is C22H26F3N3O3. The molecule has 31 heavy (non-hydrogen) atoms. The molecule has 2 saturated heterocycles. The average molecular weight is 437 g/mol. The number of benzene rings is 1. The summed E-state index contributed by atoms with van der Waals surface area (Å²) < 4.78 is 40.1. The standard InChI is InChI=1S/C22H26F3N3O3/c1-14-13-27(9-8-26(14)2)18(29)11-21(12-19(30)28(20(21)31)17-6-7-17)15-4-3-5-16(10-15)22(23,24)25/h3-5,10,14,17H,6-9,11-13H2,1-2H3/t14-,21-/m0/s1. The largest absolute Gasteiger partial charge is 0.416 e. The van der Waals surface area contributed by atoms with E-state index in [2.05, 4.69) is 4.90 Å². The Morgan fingerprint density at radius 1 is 1.19 bits per heavy atom. The summed E-state index contributed by atoms with van der Waals surface area (Å²) in [6, 6.07) is 4.44. The number of hydrogen-bond donors (Lipinski definition) is 0. The van der Waals surface area contributed by atoms with Gasteiger partial charge in [-0.05, 0) is 38.4 Å². The molecule has 3 fully saturated rings. The van der Waals surface area contributed by atoms with Crippen molar-refractivity contribution < 1.29 is 27.6 Å². The van der Waals surface area contributed by atoms with E-state index in [1.807, 2.05) is 14.0 Å². The van der Waals surface area contributed by atoms with Crippen LogP contribution in [0.15, 0.2) is 24.3 Å². The first kappa shape index (κ1) is 21.8. The number of carbonyl (C=O) groups is 3. The van der Waals surface area contributed by atoms with Gasteiger partial charge in [0.2, 0.25) is 17.7 Å². The van der Waals surface area contributed by atoms with Crippen molar-refractivity contribution in [3.05, 3.63) is 35.4 Å². The van der Waals surface area contributed by atoms with Gasteiger partial charge in [0.1, 0.15) is 0 Å². The lowest BCUT2D eigenvalue weighted by molar-refractivity contribution is -0.144. The smallest absolute Gasteiger partial charge is 0.340 e. The molecule has 168 valence electrons. The van der Waals surface area contributed by atoms with Gasteiger partial charge in [-0.15, -0.1) is 0 Å². The van der Waals surface area contributed by atoms with E-state index in [1.54, 1.807) is 4.90 Å². The lowest BCUT2D eigenvalue weighted by Gasteiger charge is -2.39. The van der Waals surface area contributed by atoms with Gasteiger partial charge in [-0.3, -0.25) is 19.3 Å². The van der Waals surface area contributed by atoms with Crippen LogP contribution < -0.4 is 0 Å². The lowest BCUT2D eigenvalue weighted by Crippen LogP contribution is -2.53. The zero-order chi connectivity index (χ0) is 22.6. The fraction of sp³-hybridized carbons (Fsp3) is 0.591. The third-order valence-electron chi connectivity index (χ3n) is 6.77. The molecule has 0 aromatic heterocycles. The van der Waals surface area contributed by atoms with Gasteiger partial charge in [0.15, 0.2) is 0 Å². The Kier molecular flexibility index (Phi) is 5.36. The SMILES string of the molecule is C[C@H]1CN(C(=O)C[C@@]2(c3cccc(C(F)(F)F)c3)CC(=O)N(C3CC3)C2=O)CCN1C. The van der Waals surface area contributed by atoms with Crippen molar-refractivity contribution in [2.24, 2.45) is 0 Å². The van der Waals surface area contributed by atoms with Gasteiger partial charge in [-0.2, -0.15) is 13.2 Å². The summed E-state index contributed by atoms with van der Waals surface area (Å²) in [6.07, 6.45) is -3.78. The van der Waals surface area contributed by atoms with Gasteiger partial charge in [0.25, 0.3) is 0 Å². The first-order valence-corrected chi connectivity index (χ1v) is 10.6. The molecule has 0 bridgehead atoms. The number of amides is 3. The minimum absolute atomic E-state index is 0.0827. The fourth-order valence-electron chi connectivity index (χ4n) is 4.57. The predicted octanol–water partition coefficient (Wildman–Crippen LogP) is 2.42. The molecule has 3 amide bonds. The van der Waals surface area contributed by atoms with Crippen LogP contribution in [0.25, 0.3) is 0 Å². The van der Waals surface area contributed by atoms with E-state index in [-0.39, 0.29) is 36.4 Å². The van der Waals surface area contributed by atoms with Gasteiger partial charge < -0.3 is 9.80 Å². The third kappa shape index (κ3) is 3.95. The van der Waals surface area contributed by atoms with Crippen molar-refractivity contribution in [3.63, 3.8) is 0 Å². The van der Waals surface area contributed by atoms with Crippen molar-refractivity contribution in [1.29, 1.82) is 0 Å². The maximum atomic E-state index is 13.5. The number of alkyl halides is 3. The van der Waals surface area contributed by atoms with Gasteiger partial charge in [-0.1, -0.05) is 18.2 Å². The number of hydrogen-bond acceptors (Lipinski definition) is 4. The van der Waals surface area contributed by atoms with Crippen LogP contribution in [0.1, 0.15) is 43.7 Å². The van der Waals surface area contributed by atoms with E-state index in [0.717, 1.165) is 12.1 Å². The first-order chi connectivity index (χ1) is 14.5. The highest BCUT2D eigenvalue weighted by molar-refractivity contribution is 6.11. The van der Waals surface area contributed by atoms with E-state index in [0.29, 0.717) is 32.5 Å². The van der Waals surface area contributed by atoms with Gasteiger partial charge >= 0.3 is 6.18 Å². The Morgan fingerprint density at radius 3 is 2.52 bits per heavy atom. The molecule has 1 saturated carbocycles. The second-order valence-corrected chi connectivity index (χ2v) is 8.98. The lowest BCUT2D eigenvalue weighted by atomic mass is 9.75. The van der Waals surface area contributed by atoms with Crippen LogP contribution >= 0.6 is 0 Å². The molecule has 2 aliphatic heterocycles. The summed E-state index contributed by atoms with van der Waals surface area (Å²) in [5, 5.41) is 0. The summed E-state index contributed by atoms with van der Waals surface area (Å²) in [6.45, 7) is 3.61. The normalized spacial score (nSPS) is 27.8. The van der Waals surface area contributed by atoms with Crippen LogP contribution in [0.2, 0.25) is 0 Å². The molecule has 3 aliphatic rings. The minimum atomic E-state index is -4.59. The number of imide groups is 1. The van der Waals surface area contributed by atoms with E-state index >= 15 is 0 Å². The van der Waals surface area contributed by atoms with Crippen molar-refractivity contribution in [2.45, 2.75) is 56.3 Å². The molecule has 2 heterocycles. The van der Waals surface area contributed by atoms with Crippen LogP contribution in [0.4, 0.5) is 13.2 Å². The Hall–Kier alpha value is -2.42. The number of rotatable bonds is 4. The van der Waals surface area contributed by atoms with Crippen LogP contribution in [-0.4, -0.2) is 71.2 Å². The predicted molar refractivity (Wildman–Crippen MR) is 106 cm³/mol. The topological polar surface area (TPSA) is 60.9 Å². The molecular weight excluding hydrogens is 411 g/mol. The van der Waals surface area contributed by atoms with E-state index in [9.17, 15) is 27.6 Å². The number of carbonyl (C=O) groups excluding carboxylic acids is 3. The zero-order valence-electron chi connectivity index (χ0n) is 17.6. The van der Waals surface area contributed by atoms with Crippen molar-refractivity contribution in [2.75, 3.05) is 26.7 Å². The van der Waals surface area contributed by atoms with E-state index in [1.165, 1.54) is 17.0 Å². The monoisotopic (exact) mass is 437 g/mol. The van der Waals surface area contributed by atoms with E-state index < -0.39 is 29.0 Å². The summed E-state index contributed by atoms with van der Waals surface area (Å²) in [7, 11) is 1.96. The Labute approximate surface area is 179 Å². The number of halogens is 3. The zero-order valence-corrected chi connectivity index (χ0v) is 17.6. The molecule has 0 unspecified atom stereocenters. The first-order valence-electron chi connectivity index (χ1n) is 10.6. The van der Waals surface area contributed by atoms with Crippen LogP contribution in [0.3, 0.4) is 0 Å². The summed E-state index contributed by atoms with van der Waals surface area (Å²) >= 11 is 0. The molecule has 0 spiro atoms. The van der Waals surface area contributed by atoms with Gasteiger partial charge in [-0.25, -0.2) is 0 Å². The molecule has 1 aromatic rings. The van der Waals surface area contributed by atoms with Crippen LogP contribution in [0.5, 0.6) is 0 Å². The average Bonchev–Trinajstić information content (AvgIpc) is 3.50. The molecule has 6 nitrogen and oxygen atoms in total. The molecule has 1 aliphatic carbocycles. The fourth-order valence-corrected chi connectivity index (χ4v) is 4.57. The van der Waals surface area contributed by atoms with Gasteiger partial charge in [0.05, 0.1) is 11.0 Å². The summed E-state index contributed by atoms with van der Waals surface area (Å²) in [5.41, 5.74) is -2.40. The van der Waals surface area contributed by atoms with Crippen LogP contribution in [0, 0.1) is 0 Å². The Morgan fingerprint density at radius 2 is 1.90 bits per heavy atom. The van der Waals surface area contributed by atoms with Crippen molar-refractivity contribution in [3.8, 4) is 0 Å². The molecule has 1 aromatic carbocycles. The van der Waals surface area contributed by atoms with Crippen molar-refractivity contribution in [1.82, 2.24) is 14.7 Å². The quantitative estimate of drug-likeness (QED) is 0.679. The number of likely N-dealkylation sites (tertiary alicyclic amines) is 1. The highest BCUT2D eigenvalue weighted by atomic mass is 19.4. The number of nitrogens with zero attached hydrogens (tertiary/aromatic N) is 3. The molecule has 2 atom stereocenters. The second kappa shape index (κ2) is 7.62. The molecule has 4 rings (SSSR count). The Bertz CT molecular complexity index is 915. The number of likely N-dealkylation sites (N-methyl/N-ethyl adjacent to an activating group) is 1. The third-order valence-corrected chi connectivity index (χ3v) is 6.77. The highest BCUT2D eigenvalue weighted by Gasteiger charge is 2.57. The molecule has 9 heteroatoms. The molecule has 0 radical (unpaired) electrons. The van der Waals surface area contributed by atoms with Crippen molar-refractivity contribution >= 4 is 17.7 Å². The maximum absolute atomic E-state index is 13.5. The highest BCUT2D eigenvalue weighted by Crippen LogP contribution is 2.45.